The molecule has 0 spiro atoms. The highest BCUT2D eigenvalue weighted by atomic mass is 32.2. The fourth-order valence-corrected chi connectivity index (χ4v) is 5.31. The molecule has 2 heterocycles. The first-order valence-electron chi connectivity index (χ1n) is 12.9. The first-order valence-corrected chi connectivity index (χ1v) is 13.8. The molecule has 9 nitrogen and oxygen atoms in total. The van der Waals surface area contributed by atoms with E-state index in [1.807, 2.05) is 31.2 Å². The number of carbonyl (C=O) groups is 2. The van der Waals surface area contributed by atoms with Crippen molar-refractivity contribution in [2.45, 2.75) is 49.2 Å². The standard InChI is InChI=1S/C28H34N4O5S/c1-3-24(26(34)29-14-16-36-2)38-28-31-23-9-5-4-8-22(23)27(35)32(28)18-19-10-12-20(13-11-19)25(33)30-17-21-7-6-15-37-21/h4-5,8-13,21,24H,3,6-7,14-18H2,1-2H3,(H,29,34)(H,30,33)/t21-,24-/m1/s1. The van der Waals surface area contributed by atoms with E-state index in [0.29, 0.717) is 47.7 Å². The molecule has 38 heavy (non-hydrogen) atoms. The van der Waals surface area contributed by atoms with E-state index in [-0.39, 0.29) is 30.0 Å². The Hall–Kier alpha value is -3.21. The van der Waals surface area contributed by atoms with Crippen molar-refractivity contribution in [3.05, 3.63) is 70.0 Å². The van der Waals surface area contributed by atoms with Gasteiger partial charge in [0.15, 0.2) is 5.16 Å². The molecule has 0 aliphatic carbocycles. The third-order valence-electron chi connectivity index (χ3n) is 6.41. The first-order chi connectivity index (χ1) is 18.5. The molecule has 1 aliphatic heterocycles. The summed E-state index contributed by atoms with van der Waals surface area (Å²) in [7, 11) is 1.58. The molecule has 2 N–H and O–H groups in total. The molecule has 1 aliphatic rings. The average Bonchev–Trinajstić information content (AvgIpc) is 3.46. The Kier molecular flexibility index (Phi) is 9.91. The summed E-state index contributed by atoms with van der Waals surface area (Å²) in [5.41, 5.74) is 1.80. The summed E-state index contributed by atoms with van der Waals surface area (Å²) >= 11 is 1.28. The van der Waals surface area contributed by atoms with E-state index in [1.54, 1.807) is 35.9 Å². The molecule has 0 radical (unpaired) electrons. The van der Waals surface area contributed by atoms with Gasteiger partial charge in [-0.3, -0.25) is 19.0 Å². The molecule has 0 saturated carbocycles. The van der Waals surface area contributed by atoms with Gasteiger partial charge in [-0.2, -0.15) is 0 Å². The van der Waals surface area contributed by atoms with E-state index < -0.39 is 5.25 Å². The van der Waals surface area contributed by atoms with Crippen LogP contribution in [-0.2, 0) is 20.8 Å². The van der Waals surface area contributed by atoms with Gasteiger partial charge in [0.2, 0.25) is 5.91 Å². The number of thioether (sulfide) groups is 1. The van der Waals surface area contributed by atoms with Crippen molar-refractivity contribution in [1.82, 2.24) is 20.2 Å². The van der Waals surface area contributed by atoms with Gasteiger partial charge in [0, 0.05) is 32.4 Å². The highest BCUT2D eigenvalue weighted by molar-refractivity contribution is 8.00. The quantitative estimate of drug-likeness (QED) is 0.207. The Morgan fingerprint density at radius 3 is 2.68 bits per heavy atom. The molecule has 1 saturated heterocycles. The highest BCUT2D eigenvalue weighted by Crippen LogP contribution is 2.25. The van der Waals surface area contributed by atoms with Crippen LogP contribution in [0.5, 0.6) is 0 Å². The molecule has 2 atom stereocenters. The third-order valence-corrected chi connectivity index (χ3v) is 7.77. The fraction of sp³-hybridized carbons (Fsp3) is 0.429. The minimum atomic E-state index is -0.416. The van der Waals surface area contributed by atoms with Gasteiger partial charge in [0.25, 0.3) is 11.5 Å². The number of fused-ring (bicyclic) bond motifs is 1. The summed E-state index contributed by atoms with van der Waals surface area (Å²) in [6.07, 6.45) is 2.63. The van der Waals surface area contributed by atoms with E-state index in [9.17, 15) is 14.4 Å². The topological polar surface area (TPSA) is 112 Å². The first kappa shape index (κ1) is 27.8. The van der Waals surface area contributed by atoms with Gasteiger partial charge < -0.3 is 20.1 Å². The number of aromatic nitrogens is 2. The molecule has 2 aromatic carbocycles. The molecule has 202 valence electrons. The lowest BCUT2D eigenvalue weighted by Crippen LogP contribution is -2.35. The molecule has 1 fully saturated rings. The van der Waals surface area contributed by atoms with Gasteiger partial charge >= 0.3 is 0 Å². The number of nitrogens with one attached hydrogen (secondary N) is 2. The molecule has 3 aromatic rings. The van der Waals surface area contributed by atoms with Gasteiger partial charge in [0.1, 0.15) is 0 Å². The summed E-state index contributed by atoms with van der Waals surface area (Å²) in [5.74, 6) is -0.278. The SMILES string of the molecule is CC[C@@H](Sc1nc2ccccc2c(=O)n1Cc1ccc(C(=O)NC[C@H]2CCCO2)cc1)C(=O)NCCOC. The second-order valence-corrected chi connectivity index (χ2v) is 10.3. The number of methoxy groups -OCH3 is 1. The molecule has 2 amide bonds. The van der Waals surface area contributed by atoms with Gasteiger partial charge in [0.05, 0.1) is 35.4 Å². The maximum atomic E-state index is 13.5. The van der Waals surface area contributed by atoms with Gasteiger partial charge in [-0.05, 0) is 49.1 Å². The third kappa shape index (κ3) is 7.00. The maximum absolute atomic E-state index is 13.5. The maximum Gasteiger partial charge on any atom is 0.262 e. The molecular formula is C28H34N4O5S. The van der Waals surface area contributed by atoms with E-state index >= 15 is 0 Å². The Balaban J connectivity index is 1.54. The second-order valence-electron chi connectivity index (χ2n) is 9.14. The van der Waals surface area contributed by atoms with Crippen LogP contribution in [0.2, 0.25) is 0 Å². The lowest BCUT2D eigenvalue weighted by atomic mass is 10.1. The van der Waals surface area contributed by atoms with E-state index in [2.05, 4.69) is 10.6 Å². The van der Waals surface area contributed by atoms with Crippen LogP contribution >= 0.6 is 11.8 Å². The Labute approximate surface area is 226 Å². The van der Waals surface area contributed by atoms with Crippen molar-refractivity contribution in [3.8, 4) is 0 Å². The number of amides is 2. The minimum Gasteiger partial charge on any atom is -0.383 e. The molecular weight excluding hydrogens is 504 g/mol. The van der Waals surface area contributed by atoms with Crippen LogP contribution in [0.15, 0.2) is 58.5 Å². The van der Waals surface area contributed by atoms with Crippen molar-refractivity contribution >= 4 is 34.5 Å². The zero-order chi connectivity index (χ0) is 26.9. The zero-order valence-electron chi connectivity index (χ0n) is 21.8. The molecule has 0 bridgehead atoms. The van der Waals surface area contributed by atoms with Crippen molar-refractivity contribution in [2.75, 3.05) is 33.4 Å². The normalized spacial score (nSPS) is 15.9. The number of carbonyl (C=O) groups excluding carboxylic acids is 2. The van der Waals surface area contributed by atoms with Crippen molar-refractivity contribution in [2.24, 2.45) is 0 Å². The lowest BCUT2D eigenvalue weighted by molar-refractivity contribution is -0.120. The summed E-state index contributed by atoms with van der Waals surface area (Å²) < 4.78 is 12.2. The van der Waals surface area contributed by atoms with E-state index in [1.165, 1.54) is 11.8 Å². The molecule has 1 aromatic heterocycles. The highest BCUT2D eigenvalue weighted by Gasteiger charge is 2.22. The van der Waals surface area contributed by atoms with Gasteiger partial charge in [-0.25, -0.2) is 4.98 Å². The van der Waals surface area contributed by atoms with Crippen LogP contribution in [0.4, 0.5) is 0 Å². The number of ether oxygens (including phenoxy) is 2. The Morgan fingerprint density at radius 1 is 1.18 bits per heavy atom. The fourth-order valence-electron chi connectivity index (χ4n) is 4.27. The molecule has 4 rings (SSSR count). The number of para-hydroxylation sites is 1. The predicted molar refractivity (Wildman–Crippen MR) is 148 cm³/mol. The lowest BCUT2D eigenvalue weighted by Gasteiger charge is -2.18. The van der Waals surface area contributed by atoms with Crippen molar-refractivity contribution < 1.29 is 19.1 Å². The van der Waals surface area contributed by atoms with E-state index in [4.69, 9.17) is 14.5 Å². The van der Waals surface area contributed by atoms with Gasteiger partial charge in [-0.1, -0.05) is 43.0 Å². The van der Waals surface area contributed by atoms with Crippen LogP contribution < -0.4 is 16.2 Å². The average molecular weight is 539 g/mol. The summed E-state index contributed by atoms with van der Waals surface area (Å²) in [5, 5.41) is 6.37. The van der Waals surface area contributed by atoms with Crippen LogP contribution in [0, 0.1) is 0 Å². The summed E-state index contributed by atoms with van der Waals surface area (Å²) in [6.45, 7) is 4.28. The van der Waals surface area contributed by atoms with Crippen molar-refractivity contribution in [1.29, 1.82) is 0 Å². The van der Waals surface area contributed by atoms with Crippen LogP contribution in [0.1, 0.15) is 42.1 Å². The number of hydrogen-bond acceptors (Lipinski definition) is 7. The number of hydrogen-bond donors (Lipinski definition) is 2. The van der Waals surface area contributed by atoms with Crippen LogP contribution in [0.3, 0.4) is 0 Å². The molecule has 10 heteroatoms. The second kappa shape index (κ2) is 13.5. The summed E-state index contributed by atoms with van der Waals surface area (Å²) in [4.78, 5) is 43.6. The Bertz CT molecular complexity index is 1300. The minimum absolute atomic E-state index is 0.0791. The number of nitrogens with zero attached hydrogens (tertiary/aromatic N) is 2. The smallest absolute Gasteiger partial charge is 0.262 e. The Morgan fingerprint density at radius 2 is 1.97 bits per heavy atom. The predicted octanol–water partition coefficient (Wildman–Crippen LogP) is 2.99. The largest absolute Gasteiger partial charge is 0.383 e. The van der Waals surface area contributed by atoms with Crippen LogP contribution in [0.25, 0.3) is 10.9 Å². The monoisotopic (exact) mass is 538 g/mol. The summed E-state index contributed by atoms with van der Waals surface area (Å²) in [6, 6.07) is 14.4. The van der Waals surface area contributed by atoms with Crippen molar-refractivity contribution in [3.63, 3.8) is 0 Å². The zero-order valence-corrected chi connectivity index (χ0v) is 22.6. The van der Waals surface area contributed by atoms with Crippen LogP contribution in [-0.4, -0.2) is 66.1 Å². The number of rotatable bonds is 12. The van der Waals surface area contributed by atoms with E-state index in [0.717, 1.165) is 25.0 Å². The number of benzene rings is 2. The molecule has 0 unspecified atom stereocenters. The van der Waals surface area contributed by atoms with Gasteiger partial charge in [-0.15, -0.1) is 0 Å².